The standard InChI is InChI=1S/C16H23NO4/c1-5-6-12(9-21-4)17-15(18)13-10(2)7-8-11(3)14(13)16(19)20/h7-8,12H,5-6,9H2,1-4H3,(H,17,18)(H,19,20). The molecule has 0 aliphatic carbocycles. The molecular formula is C16H23NO4. The number of nitrogens with one attached hydrogen (secondary N) is 1. The van der Waals surface area contributed by atoms with Crippen LogP contribution in [-0.2, 0) is 4.74 Å². The first-order valence-electron chi connectivity index (χ1n) is 7.05. The summed E-state index contributed by atoms with van der Waals surface area (Å²) in [6.07, 6.45) is 1.69. The van der Waals surface area contributed by atoms with E-state index in [2.05, 4.69) is 5.32 Å². The average Bonchev–Trinajstić information content (AvgIpc) is 2.41. The number of carbonyl (C=O) groups is 2. The van der Waals surface area contributed by atoms with Crippen molar-refractivity contribution < 1.29 is 19.4 Å². The molecule has 0 heterocycles. The quantitative estimate of drug-likeness (QED) is 0.810. The molecule has 0 radical (unpaired) electrons. The maximum Gasteiger partial charge on any atom is 0.336 e. The molecule has 2 N–H and O–H groups in total. The second kappa shape index (κ2) is 7.78. The Bertz CT molecular complexity index is 519. The minimum absolute atomic E-state index is 0.0696. The Morgan fingerprint density at radius 1 is 1.24 bits per heavy atom. The molecule has 1 rings (SSSR count). The summed E-state index contributed by atoms with van der Waals surface area (Å²) in [5.74, 6) is -1.44. The van der Waals surface area contributed by atoms with Crippen LogP contribution < -0.4 is 5.32 Å². The number of carboxylic acid groups (broad SMARTS) is 1. The van der Waals surface area contributed by atoms with E-state index in [1.54, 1.807) is 33.1 Å². The zero-order chi connectivity index (χ0) is 16.0. The lowest BCUT2D eigenvalue weighted by Gasteiger charge is -2.19. The topological polar surface area (TPSA) is 75.6 Å². The lowest BCUT2D eigenvalue weighted by Crippen LogP contribution is -2.39. The number of hydrogen-bond donors (Lipinski definition) is 2. The van der Waals surface area contributed by atoms with Crippen molar-refractivity contribution in [1.82, 2.24) is 5.32 Å². The summed E-state index contributed by atoms with van der Waals surface area (Å²) in [5.41, 5.74) is 1.54. The normalized spacial score (nSPS) is 12.0. The third-order valence-corrected chi connectivity index (χ3v) is 3.40. The van der Waals surface area contributed by atoms with Gasteiger partial charge in [0.1, 0.15) is 0 Å². The predicted molar refractivity (Wildman–Crippen MR) is 80.9 cm³/mol. The molecule has 5 heteroatoms. The monoisotopic (exact) mass is 293 g/mol. The molecule has 0 aromatic heterocycles. The van der Waals surface area contributed by atoms with E-state index >= 15 is 0 Å². The van der Waals surface area contributed by atoms with Gasteiger partial charge in [-0.05, 0) is 31.4 Å². The fourth-order valence-electron chi connectivity index (χ4n) is 2.38. The molecule has 1 aromatic carbocycles. The van der Waals surface area contributed by atoms with Crippen molar-refractivity contribution in [3.63, 3.8) is 0 Å². The Morgan fingerprint density at radius 2 is 1.81 bits per heavy atom. The van der Waals surface area contributed by atoms with E-state index in [1.807, 2.05) is 6.92 Å². The fourth-order valence-corrected chi connectivity index (χ4v) is 2.38. The first-order valence-corrected chi connectivity index (χ1v) is 7.05. The van der Waals surface area contributed by atoms with Gasteiger partial charge < -0.3 is 15.2 Å². The number of ether oxygens (including phenoxy) is 1. The molecule has 21 heavy (non-hydrogen) atoms. The molecule has 0 saturated heterocycles. The van der Waals surface area contributed by atoms with Gasteiger partial charge in [-0.3, -0.25) is 4.79 Å². The first-order chi connectivity index (χ1) is 9.92. The van der Waals surface area contributed by atoms with Gasteiger partial charge in [0.05, 0.1) is 23.8 Å². The molecule has 1 unspecified atom stereocenters. The number of aromatic carboxylic acids is 1. The van der Waals surface area contributed by atoms with Gasteiger partial charge in [0, 0.05) is 7.11 Å². The third-order valence-electron chi connectivity index (χ3n) is 3.40. The second-order valence-electron chi connectivity index (χ2n) is 5.17. The number of carbonyl (C=O) groups excluding carboxylic acids is 1. The van der Waals surface area contributed by atoms with E-state index in [0.29, 0.717) is 17.7 Å². The van der Waals surface area contributed by atoms with Gasteiger partial charge in [-0.2, -0.15) is 0 Å². The Labute approximate surface area is 125 Å². The molecule has 1 atom stereocenters. The second-order valence-corrected chi connectivity index (χ2v) is 5.17. The summed E-state index contributed by atoms with van der Waals surface area (Å²) in [7, 11) is 1.58. The molecule has 1 aromatic rings. The zero-order valence-electron chi connectivity index (χ0n) is 13.0. The van der Waals surface area contributed by atoms with E-state index in [0.717, 1.165) is 12.8 Å². The van der Waals surface area contributed by atoms with Crippen LogP contribution >= 0.6 is 0 Å². The SMILES string of the molecule is CCCC(COC)NC(=O)c1c(C)ccc(C)c1C(=O)O. The van der Waals surface area contributed by atoms with Crippen molar-refractivity contribution >= 4 is 11.9 Å². The van der Waals surface area contributed by atoms with Crippen molar-refractivity contribution in [3.05, 3.63) is 34.4 Å². The fraction of sp³-hybridized carbons (Fsp3) is 0.500. The molecule has 0 fully saturated rings. The highest BCUT2D eigenvalue weighted by Gasteiger charge is 2.23. The predicted octanol–water partition coefficient (Wildman–Crippen LogP) is 2.55. The molecule has 0 bridgehead atoms. The van der Waals surface area contributed by atoms with E-state index in [4.69, 9.17) is 4.74 Å². The number of benzene rings is 1. The maximum absolute atomic E-state index is 12.5. The molecule has 0 aliphatic rings. The van der Waals surface area contributed by atoms with Crippen molar-refractivity contribution in [2.45, 2.75) is 39.7 Å². The summed E-state index contributed by atoms with van der Waals surface area (Å²) >= 11 is 0. The molecule has 0 aliphatic heterocycles. The van der Waals surface area contributed by atoms with Gasteiger partial charge >= 0.3 is 5.97 Å². The largest absolute Gasteiger partial charge is 0.478 e. The molecule has 1 amide bonds. The van der Waals surface area contributed by atoms with Gasteiger partial charge in [-0.25, -0.2) is 4.79 Å². The van der Waals surface area contributed by atoms with Crippen LogP contribution in [0.4, 0.5) is 0 Å². The molecule has 5 nitrogen and oxygen atoms in total. The van der Waals surface area contributed by atoms with Gasteiger partial charge in [0.15, 0.2) is 0 Å². The molecule has 0 saturated carbocycles. The zero-order valence-corrected chi connectivity index (χ0v) is 13.0. The minimum atomic E-state index is -1.08. The van der Waals surface area contributed by atoms with Crippen LogP contribution in [0.3, 0.4) is 0 Å². The van der Waals surface area contributed by atoms with Crippen LogP contribution in [0.25, 0.3) is 0 Å². The van der Waals surface area contributed by atoms with E-state index in [1.165, 1.54) is 0 Å². The maximum atomic E-state index is 12.5. The summed E-state index contributed by atoms with van der Waals surface area (Å²) in [6, 6.07) is 3.37. The highest BCUT2D eigenvalue weighted by Crippen LogP contribution is 2.19. The van der Waals surface area contributed by atoms with Crippen molar-refractivity contribution in [2.24, 2.45) is 0 Å². The van der Waals surface area contributed by atoms with Crippen molar-refractivity contribution in [3.8, 4) is 0 Å². The average molecular weight is 293 g/mol. The Hall–Kier alpha value is -1.88. The van der Waals surface area contributed by atoms with Gasteiger partial charge in [0.2, 0.25) is 0 Å². The Morgan fingerprint density at radius 3 is 2.29 bits per heavy atom. The van der Waals surface area contributed by atoms with Gasteiger partial charge in [0.25, 0.3) is 5.91 Å². The highest BCUT2D eigenvalue weighted by atomic mass is 16.5. The van der Waals surface area contributed by atoms with E-state index in [-0.39, 0.29) is 23.1 Å². The van der Waals surface area contributed by atoms with E-state index < -0.39 is 5.97 Å². The lowest BCUT2D eigenvalue weighted by atomic mass is 9.96. The van der Waals surface area contributed by atoms with Crippen LogP contribution in [0.2, 0.25) is 0 Å². The van der Waals surface area contributed by atoms with Crippen LogP contribution in [-0.4, -0.2) is 36.7 Å². The number of hydrogen-bond acceptors (Lipinski definition) is 3. The smallest absolute Gasteiger partial charge is 0.336 e. The van der Waals surface area contributed by atoms with Crippen molar-refractivity contribution in [2.75, 3.05) is 13.7 Å². The Balaban J connectivity index is 3.11. The molecule has 116 valence electrons. The summed E-state index contributed by atoms with van der Waals surface area (Å²) in [4.78, 5) is 23.9. The summed E-state index contributed by atoms with van der Waals surface area (Å²) in [6.45, 7) is 5.87. The van der Waals surface area contributed by atoms with Crippen LogP contribution in [0, 0.1) is 13.8 Å². The number of aryl methyl sites for hydroxylation is 2. The van der Waals surface area contributed by atoms with Crippen LogP contribution in [0.5, 0.6) is 0 Å². The summed E-state index contributed by atoms with van der Waals surface area (Å²) in [5, 5.41) is 12.2. The van der Waals surface area contributed by atoms with E-state index in [9.17, 15) is 14.7 Å². The molecule has 0 spiro atoms. The third kappa shape index (κ3) is 4.29. The molecular weight excluding hydrogens is 270 g/mol. The first kappa shape index (κ1) is 17.2. The van der Waals surface area contributed by atoms with Gasteiger partial charge in [-0.15, -0.1) is 0 Å². The number of carboxylic acids is 1. The summed E-state index contributed by atoms with van der Waals surface area (Å²) < 4.78 is 5.09. The van der Waals surface area contributed by atoms with Gasteiger partial charge in [-0.1, -0.05) is 25.5 Å². The van der Waals surface area contributed by atoms with Crippen LogP contribution in [0.15, 0.2) is 12.1 Å². The highest BCUT2D eigenvalue weighted by molar-refractivity contribution is 6.06. The van der Waals surface area contributed by atoms with Crippen molar-refractivity contribution in [1.29, 1.82) is 0 Å². The Kier molecular flexibility index (Phi) is 6.37. The minimum Gasteiger partial charge on any atom is -0.478 e. The lowest BCUT2D eigenvalue weighted by molar-refractivity contribution is 0.0688. The van der Waals surface area contributed by atoms with Crippen LogP contribution in [0.1, 0.15) is 51.6 Å². The number of rotatable bonds is 7. The number of methoxy groups -OCH3 is 1. The number of amides is 1.